The van der Waals surface area contributed by atoms with E-state index < -0.39 is 37.6 Å². The molecule has 1 spiro atoms. The smallest absolute Gasteiger partial charge is 0.330 e. The highest BCUT2D eigenvalue weighted by Gasteiger charge is 2.54. The topological polar surface area (TPSA) is 128 Å². The number of hydrogen-bond donors (Lipinski definition) is 0. The SMILES string of the molecule is CC[C@H](C[C@@H]1O[C@@]2(CC[C@@H]1C)C[C@@H]1OC(=O)/C=C/[C@H](C)[C@@H](OCc3ccc(OC)cc3)[C@H](C)[C@@H]3C[C@@H](OC(C)(C)O3)[C@](C)(OCc3ccc(OC)cc3)CCC/C=C/[C@H](CC(C)C)[C@H](O[Si](C)(C)C(C)(C)C)C[C@H](O2)[C@H]1C)OCc1ccc(OC)cc1. The molecular weight excluding hydrogens is 1110 g/mol. The normalized spacial score (nSPS) is 32.5. The molecule has 0 amide bonds. The number of carbonyl (C=O) groups is 1. The standard InChI is InChI=1S/C73H112O13Si/c1-19-58(78-46-54-25-31-59(75-14)32-26-54)42-62-50(4)38-40-73(83-62)45-66-52(6)63(84-73)43-65(86-87(17,18)70(8,9)10)57(41-49(2)3)23-21-20-22-39-72(13,80-48-56-29-35-61(77-16)36-30-56)67-44-64(82-71(11,12)85-67)53(7)69(51(5)24-37-68(74)81-66)79-47-55-27-33-60(76-15)34-28-55/h21,23-37,49-53,57-58,62-67,69H,19-20,22,38-48H2,1-18H3/b23-21+,37-24+/t50-,51-,52+,53+,57+,58+,62-,63-,64-,65+,66-,67+,69+,72+,73+/m0/s1. The van der Waals surface area contributed by atoms with Crippen LogP contribution < -0.4 is 14.2 Å². The minimum absolute atomic E-state index is 0.0352. The first kappa shape index (κ1) is 70.4. The molecular formula is C73H112O13Si. The molecule has 0 radical (unpaired) electrons. The van der Waals surface area contributed by atoms with Crippen molar-refractivity contribution in [3.8, 4) is 17.2 Å². The van der Waals surface area contributed by atoms with E-state index in [1.165, 1.54) is 0 Å². The van der Waals surface area contributed by atoms with Crippen molar-refractivity contribution in [3.63, 3.8) is 0 Å². The number of carbonyl (C=O) groups excluding carboxylic acids is 1. The summed E-state index contributed by atoms with van der Waals surface area (Å²) in [5.74, 6) is 0.261. The quantitative estimate of drug-likeness (QED) is 0.0642. The third-order valence-corrected chi connectivity index (χ3v) is 24.2. The van der Waals surface area contributed by atoms with Gasteiger partial charge in [0.2, 0.25) is 0 Å². The summed E-state index contributed by atoms with van der Waals surface area (Å²) in [6.45, 7) is 34.8. The van der Waals surface area contributed by atoms with E-state index in [1.54, 1.807) is 27.4 Å². The summed E-state index contributed by atoms with van der Waals surface area (Å²) in [5, 5.41) is -0.0452. The van der Waals surface area contributed by atoms with Gasteiger partial charge in [0, 0.05) is 55.4 Å². The zero-order valence-corrected chi connectivity index (χ0v) is 57.5. The molecule has 3 aromatic carbocycles. The summed E-state index contributed by atoms with van der Waals surface area (Å²) in [4.78, 5) is 14.8. The average Bonchev–Trinajstić information content (AvgIpc) is 1.20. The highest BCUT2D eigenvalue weighted by atomic mass is 28.4. The first-order valence-corrected chi connectivity index (χ1v) is 35.8. The van der Waals surface area contributed by atoms with Crippen LogP contribution in [0.15, 0.2) is 97.1 Å². The Morgan fingerprint density at radius 2 is 1.28 bits per heavy atom. The van der Waals surface area contributed by atoms with E-state index in [9.17, 15) is 4.79 Å². The molecule has 0 N–H and O–H groups in total. The number of allylic oxidation sites excluding steroid dienone is 1. The van der Waals surface area contributed by atoms with Crippen LogP contribution in [0.5, 0.6) is 17.2 Å². The van der Waals surface area contributed by atoms with Crippen LogP contribution in [-0.4, -0.2) is 102 Å². The van der Waals surface area contributed by atoms with Gasteiger partial charge in [-0.25, -0.2) is 4.79 Å². The van der Waals surface area contributed by atoms with Crippen LogP contribution >= 0.6 is 0 Å². The van der Waals surface area contributed by atoms with Gasteiger partial charge in [-0.05, 0) is 149 Å². The van der Waals surface area contributed by atoms with Gasteiger partial charge in [-0.3, -0.25) is 0 Å². The maximum atomic E-state index is 14.8. The van der Waals surface area contributed by atoms with E-state index in [2.05, 4.69) is 126 Å². The Labute approximate surface area is 525 Å². The number of fused-ring (bicyclic) bond motifs is 4. The van der Waals surface area contributed by atoms with Gasteiger partial charge in [0.25, 0.3) is 0 Å². The number of methoxy groups -OCH3 is 3. The van der Waals surface area contributed by atoms with Crippen LogP contribution in [0.4, 0.5) is 0 Å². The van der Waals surface area contributed by atoms with E-state index in [-0.39, 0.29) is 77.4 Å². The van der Waals surface area contributed by atoms with Crippen molar-refractivity contribution in [3.05, 3.63) is 114 Å². The van der Waals surface area contributed by atoms with Crippen molar-refractivity contribution >= 4 is 14.3 Å². The highest BCUT2D eigenvalue weighted by molar-refractivity contribution is 6.74. The third kappa shape index (κ3) is 19.7. The summed E-state index contributed by atoms with van der Waals surface area (Å²) in [6.07, 6.45) is 14.4. The molecule has 15 atom stereocenters. The lowest BCUT2D eigenvalue weighted by molar-refractivity contribution is -0.349. The van der Waals surface area contributed by atoms with E-state index in [0.29, 0.717) is 57.8 Å². The second kappa shape index (κ2) is 31.3. The van der Waals surface area contributed by atoms with E-state index in [4.69, 9.17) is 56.5 Å². The van der Waals surface area contributed by atoms with Crippen molar-refractivity contribution in [2.24, 2.45) is 35.5 Å². The van der Waals surface area contributed by atoms with Crippen LogP contribution in [0.3, 0.4) is 0 Å². The lowest BCUT2D eigenvalue weighted by Gasteiger charge is -2.53. The lowest BCUT2D eigenvalue weighted by atomic mass is 9.79. The van der Waals surface area contributed by atoms with Gasteiger partial charge in [0.15, 0.2) is 19.9 Å². The average molecular weight is 1230 g/mol. The van der Waals surface area contributed by atoms with Gasteiger partial charge in [-0.15, -0.1) is 0 Å². The summed E-state index contributed by atoms with van der Waals surface area (Å²) in [7, 11) is 2.66. The number of benzene rings is 3. The summed E-state index contributed by atoms with van der Waals surface area (Å²) in [6, 6.07) is 24.1. The van der Waals surface area contributed by atoms with Crippen LogP contribution in [0.25, 0.3) is 0 Å². The second-order valence-corrected chi connectivity index (χ2v) is 33.3. The molecule has 4 aliphatic rings. The minimum atomic E-state index is -2.37. The summed E-state index contributed by atoms with van der Waals surface area (Å²) in [5.41, 5.74) is 2.45. The molecule has 0 aromatic heterocycles. The van der Waals surface area contributed by atoms with E-state index >= 15 is 0 Å². The summed E-state index contributed by atoms with van der Waals surface area (Å²) < 4.78 is 80.7. The molecule has 13 nitrogen and oxygen atoms in total. The zero-order chi connectivity index (χ0) is 63.3. The first-order chi connectivity index (χ1) is 41.2. The molecule has 14 heteroatoms. The van der Waals surface area contributed by atoms with Crippen molar-refractivity contribution in [2.75, 3.05) is 21.3 Å². The maximum absolute atomic E-state index is 14.8. The molecule has 0 aliphatic carbocycles. The first-order valence-electron chi connectivity index (χ1n) is 32.9. The molecule has 4 bridgehead atoms. The Hall–Kier alpha value is -4.09. The maximum Gasteiger partial charge on any atom is 0.330 e. The van der Waals surface area contributed by atoms with E-state index in [0.717, 1.165) is 72.5 Å². The minimum Gasteiger partial charge on any atom is -0.497 e. The Balaban J connectivity index is 1.27. The van der Waals surface area contributed by atoms with Gasteiger partial charge in [-0.1, -0.05) is 124 Å². The van der Waals surface area contributed by atoms with Gasteiger partial charge >= 0.3 is 5.97 Å². The summed E-state index contributed by atoms with van der Waals surface area (Å²) >= 11 is 0. The zero-order valence-electron chi connectivity index (χ0n) is 56.5. The van der Waals surface area contributed by atoms with Gasteiger partial charge in [-0.2, -0.15) is 0 Å². The highest BCUT2D eigenvalue weighted by Crippen LogP contribution is 2.48. The Bertz CT molecular complexity index is 2610. The Kier molecular flexibility index (Phi) is 25.3. The molecule has 7 rings (SSSR count). The molecule has 0 unspecified atom stereocenters. The predicted octanol–water partition coefficient (Wildman–Crippen LogP) is 16.7. The molecule has 4 heterocycles. The van der Waals surface area contributed by atoms with Crippen LogP contribution in [0.1, 0.15) is 177 Å². The van der Waals surface area contributed by atoms with Crippen molar-refractivity contribution < 1.29 is 61.3 Å². The van der Waals surface area contributed by atoms with Crippen molar-refractivity contribution in [1.82, 2.24) is 0 Å². The molecule has 486 valence electrons. The van der Waals surface area contributed by atoms with Gasteiger partial charge < -0.3 is 56.5 Å². The fourth-order valence-corrected chi connectivity index (χ4v) is 14.4. The number of ether oxygens (including phenoxy) is 11. The predicted molar refractivity (Wildman–Crippen MR) is 347 cm³/mol. The van der Waals surface area contributed by atoms with E-state index in [1.807, 2.05) is 68.5 Å². The van der Waals surface area contributed by atoms with Gasteiger partial charge in [0.1, 0.15) is 23.4 Å². The van der Waals surface area contributed by atoms with Gasteiger partial charge in [0.05, 0.1) is 89.5 Å². The number of esters is 1. The molecule has 0 saturated carbocycles. The molecule has 87 heavy (non-hydrogen) atoms. The largest absolute Gasteiger partial charge is 0.497 e. The molecule has 3 aromatic rings. The van der Waals surface area contributed by atoms with Crippen molar-refractivity contribution in [2.45, 2.75) is 265 Å². The monoisotopic (exact) mass is 1220 g/mol. The lowest BCUT2D eigenvalue weighted by Crippen LogP contribution is -2.58. The molecule has 3 saturated heterocycles. The Morgan fingerprint density at radius 1 is 0.690 bits per heavy atom. The number of hydrogen-bond acceptors (Lipinski definition) is 13. The van der Waals surface area contributed by atoms with Crippen LogP contribution in [0, 0.1) is 35.5 Å². The van der Waals surface area contributed by atoms with Crippen LogP contribution in [0.2, 0.25) is 18.1 Å². The second-order valence-electron chi connectivity index (χ2n) is 28.5. The Morgan fingerprint density at radius 3 is 1.85 bits per heavy atom. The molecule has 4 aliphatic heterocycles. The van der Waals surface area contributed by atoms with Crippen LogP contribution in [-0.2, 0) is 66.9 Å². The number of rotatable bonds is 19. The van der Waals surface area contributed by atoms with Crippen molar-refractivity contribution in [1.29, 1.82) is 0 Å². The fraction of sp³-hybridized carbons (Fsp3) is 0.685. The third-order valence-electron chi connectivity index (χ3n) is 19.7. The fourth-order valence-electron chi connectivity index (χ4n) is 13.0. The molecule has 3 fully saturated rings.